The van der Waals surface area contributed by atoms with E-state index in [0.29, 0.717) is 20.2 Å². The van der Waals surface area contributed by atoms with Crippen molar-refractivity contribution in [3.63, 3.8) is 0 Å². The zero-order chi connectivity index (χ0) is 35.9. The number of rotatable bonds is 8. The summed E-state index contributed by atoms with van der Waals surface area (Å²) in [5.74, 6) is -2.83. The van der Waals surface area contributed by atoms with E-state index < -0.39 is 34.6 Å². The average molecular weight is 715 g/mol. The van der Waals surface area contributed by atoms with Crippen molar-refractivity contribution >= 4 is 88.1 Å². The second-order valence-corrected chi connectivity index (χ2v) is 12.5. The molecule has 14 heteroatoms. The first kappa shape index (κ1) is 35.4. The molecule has 4 aromatic carbocycles. The highest BCUT2D eigenvalue weighted by atomic mass is 32.1. The summed E-state index contributed by atoms with van der Waals surface area (Å²) in [5, 5.41) is 28.5. The second kappa shape index (κ2) is 15.6. The Morgan fingerprint density at radius 1 is 0.580 bits per heavy atom. The summed E-state index contributed by atoms with van der Waals surface area (Å²) in [4.78, 5) is 72.5. The van der Waals surface area contributed by atoms with Gasteiger partial charge in [-0.05, 0) is 47.5 Å². The molecule has 0 saturated carbocycles. The van der Waals surface area contributed by atoms with Crippen molar-refractivity contribution in [3.8, 4) is 10.1 Å². The Bertz CT molecular complexity index is 2250. The SMILES string of the molecule is CCOC(=O)CNC(=O)c1c(O)sc2c(ccc3ccccc32)c1=O.CCOC(=O)CNC(=O)c1c(O)sc2c(ccc3ccccc32)c1=O. The molecule has 12 nitrogen and oxygen atoms in total. The number of fused-ring (bicyclic) bond motifs is 6. The third kappa shape index (κ3) is 7.41. The van der Waals surface area contributed by atoms with E-state index in [1.165, 1.54) is 0 Å². The van der Waals surface area contributed by atoms with Crippen molar-refractivity contribution < 1.29 is 38.9 Å². The van der Waals surface area contributed by atoms with E-state index in [1.807, 2.05) is 48.5 Å². The zero-order valence-electron chi connectivity index (χ0n) is 26.7. The van der Waals surface area contributed by atoms with Gasteiger partial charge in [-0.15, -0.1) is 0 Å². The lowest BCUT2D eigenvalue weighted by Gasteiger charge is -2.08. The molecule has 4 N–H and O–H groups in total. The molecule has 0 unspecified atom stereocenters. The number of carbonyl (C=O) groups is 4. The highest BCUT2D eigenvalue weighted by Gasteiger charge is 2.22. The van der Waals surface area contributed by atoms with Gasteiger partial charge in [-0.3, -0.25) is 28.8 Å². The lowest BCUT2D eigenvalue weighted by atomic mass is 10.1. The predicted octanol–water partition coefficient (Wildman–Crippen LogP) is 4.83. The van der Waals surface area contributed by atoms with Crippen LogP contribution in [0.2, 0.25) is 0 Å². The molecule has 2 amide bonds. The van der Waals surface area contributed by atoms with Crippen molar-refractivity contribution in [3.05, 3.63) is 104 Å². The second-order valence-electron chi connectivity index (χ2n) is 10.5. The summed E-state index contributed by atoms with van der Waals surface area (Å²) in [7, 11) is 0. The summed E-state index contributed by atoms with van der Waals surface area (Å²) in [6.45, 7) is 2.95. The maximum absolute atomic E-state index is 12.7. The molecule has 50 heavy (non-hydrogen) atoms. The first-order chi connectivity index (χ1) is 24.0. The topological polar surface area (TPSA) is 185 Å². The molecule has 0 aliphatic carbocycles. The van der Waals surface area contributed by atoms with Gasteiger partial charge in [-0.1, -0.05) is 83.3 Å². The molecule has 256 valence electrons. The Labute approximate surface area is 291 Å². The fourth-order valence-electron chi connectivity index (χ4n) is 5.13. The van der Waals surface area contributed by atoms with Crippen LogP contribution in [0, 0.1) is 0 Å². The fourth-order valence-corrected chi connectivity index (χ4v) is 7.22. The van der Waals surface area contributed by atoms with Crippen molar-refractivity contribution in [1.29, 1.82) is 0 Å². The van der Waals surface area contributed by atoms with Gasteiger partial charge < -0.3 is 30.3 Å². The van der Waals surface area contributed by atoms with E-state index in [4.69, 9.17) is 9.47 Å². The average Bonchev–Trinajstić information content (AvgIpc) is 3.10. The van der Waals surface area contributed by atoms with Crippen molar-refractivity contribution in [2.24, 2.45) is 0 Å². The van der Waals surface area contributed by atoms with E-state index in [2.05, 4.69) is 10.6 Å². The normalized spacial score (nSPS) is 10.8. The Morgan fingerprint density at radius 2 is 0.960 bits per heavy atom. The van der Waals surface area contributed by atoms with Crippen LogP contribution in [0.15, 0.2) is 82.4 Å². The first-order valence-corrected chi connectivity index (χ1v) is 16.9. The van der Waals surface area contributed by atoms with Gasteiger partial charge in [0.15, 0.2) is 10.1 Å². The molecule has 6 aromatic rings. The number of amides is 2. The number of hydrogen-bond acceptors (Lipinski definition) is 12. The minimum absolute atomic E-state index is 0.192. The third-order valence-corrected chi connectivity index (χ3v) is 9.46. The van der Waals surface area contributed by atoms with Crippen LogP contribution in [-0.4, -0.2) is 60.3 Å². The summed E-state index contributed by atoms with van der Waals surface area (Å²) < 4.78 is 10.7. The van der Waals surface area contributed by atoms with Crippen LogP contribution >= 0.6 is 22.7 Å². The smallest absolute Gasteiger partial charge is 0.325 e. The number of carbonyl (C=O) groups excluding carboxylic acids is 4. The monoisotopic (exact) mass is 714 g/mol. The van der Waals surface area contributed by atoms with E-state index in [9.17, 15) is 39.0 Å². The summed E-state index contributed by atoms with van der Waals surface area (Å²) in [6.07, 6.45) is 0. The standard InChI is InChI=1S/2C18H15NO5S/c2*1-2-24-13(20)9-19-17(22)14-15(21)12-8-7-10-5-3-4-6-11(10)16(12)25-18(14)23/h2*3-8,23H,2,9H2,1H3,(H,19,22). The van der Waals surface area contributed by atoms with Crippen LogP contribution in [0.5, 0.6) is 10.1 Å². The number of hydrogen-bond donors (Lipinski definition) is 4. The number of nitrogens with one attached hydrogen (secondary N) is 2. The molecule has 0 fully saturated rings. The lowest BCUT2D eigenvalue weighted by molar-refractivity contribution is -0.142. The molecule has 0 radical (unpaired) electrons. The molecule has 2 heterocycles. The zero-order valence-corrected chi connectivity index (χ0v) is 28.4. The van der Waals surface area contributed by atoms with Crippen LogP contribution in [0.1, 0.15) is 34.6 Å². The van der Waals surface area contributed by atoms with E-state index in [-0.39, 0.29) is 47.6 Å². The lowest BCUT2D eigenvalue weighted by Crippen LogP contribution is -2.33. The molecular weight excluding hydrogens is 685 g/mol. The molecule has 0 bridgehead atoms. The van der Waals surface area contributed by atoms with Gasteiger partial charge in [0, 0.05) is 20.2 Å². The molecular formula is C36H30N2O10S2. The summed E-state index contributed by atoms with van der Waals surface area (Å²) in [5.41, 5.74) is -1.87. The van der Waals surface area contributed by atoms with Crippen molar-refractivity contribution in [2.75, 3.05) is 26.3 Å². The van der Waals surface area contributed by atoms with Gasteiger partial charge in [0.2, 0.25) is 10.9 Å². The highest BCUT2D eigenvalue weighted by molar-refractivity contribution is 7.21. The van der Waals surface area contributed by atoms with Gasteiger partial charge in [-0.25, -0.2) is 0 Å². The maximum Gasteiger partial charge on any atom is 0.325 e. The van der Waals surface area contributed by atoms with E-state index in [1.54, 1.807) is 38.1 Å². The molecule has 0 saturated heterocycles. The Morgan fingerprint density at radius 3 is 1.34 bits per heavy atom. The number of benzene rings is 4. The van der Waals surface area contributed by atoms with Crippen LogP contribution < -0.4 is 21.5 Å². The van der Waals surface area contributed by atoms with Gasteiger partial charge in [-0.2, -0.15) is 0 Å². The van der Waals surface area contributed by atoms with Gasteiger partial charge >= 0.3 is 11.9 Å². The molecule has 0 atom stereocenters. The highest BCUT2D eigenvalue weighted by Crippen LogP contribution is 2.34. The predicted molar refractivity (Wildman–Crippen MR) is 192 cm³/mol. The first-order valence-electron chi connectivity index (χ1n) is 15.3. The number of ether oxygens (including phenoxy) is 2. The van der Waals surface area contributed by atoms with Crippen LogP contribution in [0.3, 0.4) is 0 Å². The van der Waals surface area contributed by atoms with Gasteiger partial charge in [0.05, 0.1) is 13.2 Å². The molecule has 0 spiro atoms. The van der Waals surface area contributed by atoms with Crippen LogP contribution in [0.4, 0.5) is 0 Å². The van der Waals surface area contributed by atoms with Gasteiger partial charge in [0.25, 0.3) is 11.8 Å². The van der Waals surface area contributed by atoms with E-state index >= 15 is 0 Å². The Balaban J connectivity index is 0.000000194. The van der Waals surface area contributed by atoms with Crippen LogP contribution in [-0.2, 0) is 19.1 Å². The molecule has 0 aliphatic heterocycles. The van der Waals surface area contributed by atoms with Gasteiger partial charge in [0.1, 0.15) is 24.2 Å². The molecule has 2 aromatic heterocycles. The summed E-state index contributed by atoms with van der Waals surface area (Å²) >= 11 is 1.93. The maximum atomic E-state index is 12.7. The van der Waals surface area contributed by atoms with Crippen LogP contribution in [0.25, 0.3) is 41.7 Å². The largest absolute Gasteiger partial charge is 0.499 e. The Kier molecular flexibility index (Phi) is 11.0. The number of esters is 2. The minimum atomic E-state index is -0.804. The molecule has 0 aliphatic rings. The van der Waals surface area contributed by atoms with Crippen molar-refractivity contribution in [2.45, 2.75) is 13.8 Å². The fraction of sp³-hybridized carbons (Fsp3) is 0.167. The number of aromatic hydroxyl groups is 2. The summed E-state index contributed by atoms with van der Waals surface area (Å²) in [6, 6.07) is 21.8. The van der Waals surface area contributed by atoms with Crippen molar-refractivity contribution in [1.82, 2.24) is 10.6 Å². The van der Waals surface area contributed by atoms with E-state index in [0.717, 1.165) is 44.2 Å². The minimum Gasteiger partial charge on any atom is -0.499 e. The quantitative estimate of drug-likeness (QED) is 0.126. The Hall–Kier alpha value is -5.86. The third-order valence-electron chi connectivity index (χ3n) is 7.38. The molecule has 6 rings (SSSR count).